The summed E-state index contributed by atoms with van der Waals surface area (Å²) in [6, 6.07) is 5.60. The molecule has 0 bridgehead atoms. The van der Waals surface area contributed by atoms with Crippen LogP contribution < -0.4 is 11.1 Å². The van der Waals surface area contributed by atoms with Crippen molar-refractivity contribution in [3.63, 3.8) is 0 Å². The van der Waals surface area contributed by atoms with Gasteiger partial charge in [0, 0.05) is 17.8 Å². The minimum Gasteiger partial charge on any atom is -0.398 e. The van der Waals surface area contributed by atoms with E-state index in [4.69, 9.17) is 17.3 Å². The molecule has 0 fully saturated rings. The minimum absolute atomic E-state index is 0.629. The maximum Gasteiger partial charge on any atom is 0.0637 e. The molecule has 0 unspecified atom stereocenters. The first-order valence-corrected chi connectivity index (χ1v) is 5.22. The summed E-state index contributed by atoms with van der Waals surface area (Å²) in [5.74, 6) is 0. The molecule has 0 saturated carbocycles. The second-order valence-corrected chi connectivity index (χ2v) is 3.47. The first-order chi connectivity index (χ1) is 6.69. The summed E-state index contributed by atoms with van der Waals surface area (Å²) in [5, 5.41) is 5.42. The van der Waals surface area contributed by atoms with Gasteiger partial charge in [0.15, 0.2) is 0 Å². The van der Waals surface area contributed by atoms with Crippen molar-refractivity contribution in [1.82, 2.24) is 0 Å². The zero-order valence-corrected chi connectivity index (χ0v) is 9.57. The van der Waals surface area contributed by atoms with Gasteiger partial charge in [-0.15, -0.1) is 12.6 Å². The number of rotatable bonds is 3. The van der Waals surface area contributed by atoms with Crippen molar-refractivity contribution in [3.8, 4) is 0 Å². The van der Waals surface area contributed by atoms with Gasteiger partial charge in [-0.05, 0) is 24.5 Å². The molecule has 1 rings (SSSR count). The zero-order chi connectivity index (χ0) is 10.6. The van der Waals surface area contributed by atoms with Gasteiger partial charge in [0.25, 0.3) is 0 Å². The molecule has 0 amide bonds. The van der Waals surface area contributed by atoms with Crippen LogP contribution in [0.1, 0.15) is 12.5 Å². The average molecular weight is 229 g/mol. The molecular weight excluding hydrogens is 216 g/mol. The van der Waals surface area contributed by atoms with Crippen LogP contribution in [0.15, 0.2) is 23.6 Å². The molecule has 4 heteroatoms. The number of nitrogens with two attached hydrogens (primary N) is 1. The standard InChI is InChI=1S/C10H13ClN2S/c1-2-13-10-5-7(9(12)6-14)3-4-8(10)11/h3-6,13-14H,2,12H2,1H3/b9-6-. The highest BCUT2D eigenvalue weighted by atomic mass is 35.5. The van der Waals surface area contributed by atoms with E-state index < -0.39 is 0 Å². The molecule has 2 nitrogen and oxygen atoms in total. The number of nitrogens with one attached hydrogen (secondary N) is 1. The van der Waals surface area contributed by atoms with Crippen LogP contribution in [-0.4, -0.2) is 6.54 Å². The fourth-order valence-corrected chi connectivity index (χ4v) is 1.44. The molecule has 0 heterocycles. The Kier molecular flexibility index (Phi) is 4.17. The largest absolute Gasteiger partial charge is 0.398 e. The van der Waals surface area contributed by atoms with Gasteiger partial charge in [-0.25, -0.2) is 0 Å². The number of halogens is 1. The summed E-state index contributed by atoms with van der Waals surface area (Å²) in [6.45, 7) is 2.84. The minimum atomic E-state index is 0.629. The molecule has 0 aliphatic rings. The topological polar surface area (TPSA) is 38.0 Å². The van der Waals surface area contributed by atoms with E-state index in [-0.39, 0.29) is 0 Å². The van der Waals surface area contributed by atoms with Crippen LogP contribution in [-0.2, 0) is 0 Å². The monoisotopic (exact) mass is 228 g/mol. The summed E-state index contributed by atoms with van der Waals surface area (Å²) in [5.41, 5.74) is 8.16. The van der Waals surface area contributed by atoms with Gasteiger partial charge in [-0.3, -0.25) is 0 Å². The molecule has 0 spiro atoms. The Morgan fingerprint density at radius 1 is 1.64 bits per heavy atom. The number of thiol groups is 1. The van der Waals surface area contributed by atoms with E-state index in [1.54, 1.807) is 5.41 Å². The molecule has 0 radical (unpaired) electrons. The normalized spacial score (nSPS) is 11.5. The lowest BCUT2D eigenvalue weighted by Gasteiger charge is -2.08. The van der Waals surface area contributed by atoms with Gasteiger partial charge in [-0.2, -0.15) is 0 Å². The highest BCUT2D eigenvalue weighted by Gasteiger charge is 2.02. The second kappa shape index (κ2) is 5.17. The zero-order valence-electron chi connectivity index (χ0n) is 7.92. The van der Waals surface area contributed by atoms with Gasteiger partial charge in [-0.1, -0.05) is 17.7 Å². The van der Waals surface area contributed by atoms with E-state index in [9.17, 15) is 0 Å². The van der Waals surface area contributed by atoms with E-state index in [1.165, 1.54) is 0 Å². The molecule has 0 aliphatic heterocycles. The molecule has 14 heavy (non-hydrogen) atoms. The van der Waals surface area contributed by atoms with Crippen LogP contribution >= 0.6 is 24.2 Å². The van der Waals surface area contributed by atoms with Crippen molar-refractivity contribution >= 4 is 35.6 Å². The van der Waals surface area contributed by atoms with Crippen LogP contribution in [0.4, 0.5) is 5.69 Å². The maximum atomic E-state index is 5.98. The lowest BCUT2D eigenvalue weighted by molar-refractivity contribution is 1.21. The third-order valence-corrected chi connectivity index (χ3v) is 2.41. The quantitative estimate of drug-likeness (QED) is 0.696. The van der Waals surface area contributed by atoms with Crippen LogP contribution in [0, 0.1) is 0 Å². The lowest BCUT2D eigenvalue weighted by atomic mass is 10.1. The van der Waals surface area contributed by atoms with Crippen molar-refractivity contribution in [3.05, 3.63) is 34.2 Å². The molecule has 0 atom stereocenters. The van der Waals surface area contributed by atoms with Gasteiger partial charge in [0.2, 0.25) is 0 Å². The third kappa shape index (κ3) is 2.59. The SMILES string of the molecule is CCNc1cc(/C(N)=C/S)ccc1Cl. The Balaban J connectivity index is 3.06. The van der Waals surface area contributed by atoms with Gasteiger partial charge in [0.05, 0.1) is 10.7 Å². The smallest absolute Gasteiger partial charge is 0.0637 e. The first-order valence-electron chi connectivity index (χ1n) is 4.32. The summed E-state index contributed by atoms with van der Waals surface area (Å²) in [7, 11) is 0. The van der Waals surface area contributed by atoms with E-state index in [1.807, 2.05) is 25.1 Å². The molecule has 76 valence electrons. The summed E-state index contributed by atoms with van der Waals surface area (Å²) < 4.78 is 0. The first kappa shape index (κ1) is 11.3. The van der Waals surface area contributed by atoms with E-state index in [0.29, 0.717) is 10.7 Å². The number of hydrogen-bond acceptors (Lipinski definition) is 3. The number of anilines is 1. The highest BCUT2D eigenvalue weighted by molar-refractivity contribution is 7.83. The number of hydrogen-bond donors (Lipinski definition) is 3. The number of benzene rings is 1. The van der Waals surface area contributed by atoms with E-state index in [0.717, 1.165) is 17.8 Å². The summed E-state index contributed by atoms with van der Waals surface area (Å²) in [4.78, 5) is 0. The lowest BCUT2D eigenvalue weighted by Crippen LogP contribution is -2.00. The van der Waals surface area contributed by atoms with Crippen LogP contribution in [0.5, 0.6) is 0 Å². The summed E-state index contributed by atoms with van der Waals surface area (Å²) >= 11 is 9.98. The predicted molar refractivity (Wildman–Crippen MR) is 66.8 cm³/mol. The molecule has 1 aromatic rings. The Bertz CT molecular complexity index is 350. The molecule has 1 aromatic carbocycles. The third-order valence-electron chi connectivity index (χ3n) is 1.81. The Hall–Kier alpha value is -0.800. The molecule has 0 aliphatic carbocycles. The van der Waals surface area contributed by atoms with Crippen LogP contribution in [0.3, 0.4) is 0 Å². The Labute approximate surface area is 94.5 Å². The van der Waals surface area contributed by atoms with Gasteiger partial charge >= 0.3 is 0 Å². The molecule has 0 aromatic heterocycles. The molecular formula is C10H13ClN2S. The Morgan fingerprint density at radius 2 is 2.36 bits per heavy atom. The molecule has 3 N–H and O–H groups in total. The van der Waals surface area contributed by atoms with Crippen molar-refractivity contribution < 1.29 is 0 Å². The predicted octanol–water partition coefficient (Wildman–Crippen LogP) is 2.96. The van der Waals surface area contributed by atoms with Crippen molar-refractivity contribution in [2.24, 2.45) is 5.73 Å². The van der Waals surface area contributed by atoms with Crippen LogP contribution in [0.25, 0.3) is 5.70 Å². The fraction of sp³-hybridized carbons (Fsp3) is 0.200. The van der Waals surface area contributed by atoms with E-state index >= 15 is 0 Å². The summed E-state index contributed by atoms with van der Waals surface area (Å²) in [6.07, 6.45) is 0. The van der Waals surface area contributed by atoms with Crippen molar-refractivity contribution in [2.75, 3.05) is 11.9 Å². The second-order valence-electron chi connectivity index (χ2n) is 2.81. The fourth-order valence-electron chi connectivity index (χ4n) is 1.11. The highest BCUT2D eigenvalue weighted by Crippen LogP contribution is 2.24. The van der Waals surface area contributed by atoms with Crippen molar-refractivity contribution in [1.29, 1.82) is 0 Å². The maximum absolute atomic E-state index is 5.98. The van der Waals surface area contributed by atoms with Gasteiger partial charge < -0.3 is 11.1 Å². The average Bonchev–Trinajstić information content (AvgIpc) is 2.20. The van der Waals surface area contributed by atoms with Crippen LogP contribution in [0.2, 0.25) is 5.02 Å². The van der Waals surface area contributed by atoms with E-state index in [2.05, 4.69) is 17.9 Å². The Morgan fingerprint density at radius 3 is 2.93 bits per heavy atom. The van der Waals surface area contributed by atoms with Crippen molar-refractivity contribution in [2.45, 2.75) is 6.92 Å². The molecule has 0 saturated heterocycles. The van der Waals surface area contributed by atoms with Gasteiger partial charge in [0.1, 0.15) is 0 Å².